The quantitative estimate of drug-likeness (QED) is 0.396. The Morgan fingerprint density at radius 1 is 0.944 bits per heavy atom. The normalized spacial score (nSPS) is 13.4. The Hall–Kier alpha value is -4.63. The fourth-order valence-corrected chi connectivity index (χ4v) is 3.99. The molecule has 2 amide bonds. The van der Waals surface area contributed by atoms with E-state index in [1.165, 1.54) is 12.1 Å². The molecule has 1 saturated heterocycles. The zero-order valence-corrected chi connectivity index (χ0v) is 19.2. The van der Waals surface area contributed by atoms with Gasteiger partial charge in [-0.2, -0.15) is 0 Å². The number of carbonyl (C=O) groups excluding carboxylic acids is 2. The maximum Gasteiger partial charge on any atom is 0.265 e. The molecule has 0 atom stereocenters. The smallest absolute Gasteiger partial charge is 0.265 e. The molecule has 2 heterocycles. The number of nitrogens with zero attached hydrogens (tertiary/aromatic N) is 1. The second-order valence-electron chi connectivity index (χ2n) is 8.24. The van der Waals surface area contributed by atoms with Crippen LogP contribution < -0.4 is 15.6 Å². The summed E-state index contributed by atoms with van der Waals surface area (Å²) in [6, 6.07) is 20.5. The Balaban J connectivity index is 1.38. The molecule has 36 heavy (non-hydrogen) atoms. The van der Waals surface area contributed by atoms with Crippen molar-refractivity contribution in [1.82, 2.24) is 9.88 Å². The highest BCUT2D eigenvalue weighted by Gasteiger charge is 2.22. The lowest BCUT2D eigenvalue weighted by molar-refractivity contribution is 0.0303. The standard InChI is InChI=1S/C27H23N3O6/c31-24-21-16-17(27(34)30-12-14-35-15-13-30)6-11-22(21)29-26(33)23(24)25(32)28-18-7-9-20(10-8-18)36-19-4-2-1-3-5-19/h1-11,16H,12-15H2,(H,28,32)(H2,29,31,33). The number of aromatic nitrogens is 1. The highest BCUT2D eigenvalue weighted by Crippen LogP contribution is 2.28. The van der Waals surface area contributed by atoms with E-state index in [9.17, 15) is 19.5 Å². The van der Waals surface area contributed by atoms with Crippen LogP contribution in [0.4, 0.5) is 5.69 Å². The van der Waals surface area contributed by atoms with Crippen LogP contribution in [-0.2, 0) is 4.74 Å². The molecule has 0 unspecified atom stereocenters. The highest BCUT2D eigenvalue weighted by atomic mass is 16.5. The van der Waals surface area contributed by atoms with Gasteiger partial charge in [-0.1, -0.05) is 18.2 Å². The first kappa shape index (κ1) is 23.1. The molecule has 0 saturated carbocycles. The maximum atomic E-state index is 12.9. The number of rotatable bonds is 5. The van der Waals surface area contributed by atoms with E-state index < -0.39 is 22.8 Å². The summed E-state index contributed by atoms with van der Waals surface area (Å²) in [5.74, 6) is -0.241. The fraction of sp³-hybridized carbons (Fsp3) is 0.148. The molecule has 5 rings (SSSR count). The number of pyridine rings is 1. The van der Waals surface area contributed by atoms with Crippen molar-refractivity contribution >= 4 is 28.4 Å². The fourth-order valence-electron chi connectivity index (χ4n) is 3.99. The number of nitrogens with one attached hydrogen (secondary N) is 2. The molecule has 1 aliphatic rings. The van der Waals surface area contributed by atoms with E-state index in [4.69, 9.17) is 9.47 Å². The van der Waals surface area contributed by atoms with Crippen molar-refractivity contribution in [3.8, 4) is 17.2 Å². The van der Waals surface area contributed by atoms with Gasteiger partial charge in [0, 0.05) is 29.7 Å². The van der Waals surface area contributed by atoms with Crippen LogP contribution in [0.3, 0.4) is 0 Å². The first-order valence-electron chi connectivity index (χ1n) is 11.4. The minimum atomic E-state index is -0.780. The molecule has 0 spiro atoms. The molecule has 4 aromatic rings. The molecule has 1 fully saturated rings. The lowest BCUT2D eigenvalue weighted by Crippen LogP contribution is -2.40. The van der Waals surface area contributed by atoms with Gasteiger partial charge >= 0.3 is 0 Å². The summed E-state index contributed by atoms with van der Waals surface area (Å²) in [7, 11) is 0. The lowest BCUT2D eigenvalue weighted by Gasteiger charge is -2.27. The Morgan fingerprint density at radius 2 is 1.64 bits per heavy atom. The minimum Gasteiger partial charge on any atom is -0.506 e. The van der Waals surface area contributed by atoms with Crippen LogP contribution in [0.15, 0.2) is 77.6 Å². The zero-order valence-electron chi connectivity index (χ0n) is 19.2. The van der Waals surface area contributed by atoms with Crippen molar-refractivity contribution in [1.29, 1.82) is 0 Å². The SMILES string of the molecule is O=C(Nc1ccc(Oc2ccccc2)cc1)c1c(O)c2cc(C(=O)N3CCOCC3)ccc2[nH]c1=O. The van der Waals surface area contributed by atoms with Crippen LogP contribution in [0.1, 0.15) is 20.7 Å². The van der Waals surface area contributed by atoms with E-state index in [2.05, 4.69) is 10.3 Å². The van der Waals surface area contributed by atoms with Crippen LogP contribution in [-0.4, -0.2) is 53.1 Å². The third-order valence-electron chi connectivity index (χ3n) is 5.85. The number of anilines is 1. The molecule has 182 valence electrons. The molecule has 0 bridgehead atoms. The van der Waals surface area contributed by atoms with Gasteiger partial charge in [-0.05, 0) is 54.6 Å². The van der Waals surface area contributed by atoms with E-state index >= 15 is 0 Å². The lowest BCUT2D eigenvalue weighted by atomic mass is 10.1. The van der Waals surface area contributed by atoms with Gasteiger partial charge in [-0.3, -0.25) is 14.4 Å². The molecule has 0 radical (unpaired) electrons. The van der Waals surface area contributed by atoms with E-state index in [0.717, 1.165) is 0 Å². The largest absolute Gasteiger partial charge is 0.506 e. The Labute approximate surface area is 205 Å². The molecule has 0 aliphatic carbocycles. The van der Waals surface area contributed by atoms with Crippen molar-refractivity contribution in [3.05, 3.63) is 94.3 Å². The van der Waals surface area contributed by atoms with Crippen molar-refractivity contribution in [3.63, 3.8) is 0 Å². The first-order chi connectivity index (χ1) is 17.5. The van der Waals surface area contributed by atoms with Gasteiger partial charge in [0.1, 0.15) is 22.8 Å². The van der Waals surface area contributed by atoms with E-state index in [1.54, 1.807) is 35.2 Å². The summed E-state index contributed by atoms with van der Waals surface area (Å²) in [5, 5.41) is 13.7. The molecule has 1 aromatic heterocycles. The summed E-state index contributed by atoms with van der Waals surface area (Å²) >= 11 is 0. The van der Waals surface area contributed by atoms with Gasteiger partial charge in [0.25, 0.3) is 17.4 Å². The summed E-state index contributed by atoms with van der Waals surface area (Å²) < 4.78 is 11.0. The van der Waals surface area contributed by atoms with Gasteiger partial charge in [-0.25, -0.2) is 0 Å². The molecule has 9 nitrogen and oxygen atoms in total. The van der Waals surface area contributed by atoms with Crippen molar-refractivity contribution in [2.45, 2.75) is 0 Å². The van der Waals surface area contributed by atoms with Gasteiger partial charge in [-0.15, -0.1) is 0 Å². The molecule has 3 N–H and O–H groups in total. The third kappa shape index (κ3) is 4.77. The molecule has 9 heteroatoms. The van der Waals surface area contributed by atoms with Crippen molar-refractivity contribution in [2.24, 2.45) is 0 Å². The van der Waals surface area contributed by atoms with Crippen LogP contribution in [0.2, 0.25) is 0 Å². The molecule has 1 aliphatic heterocycles. The third-order valence-corrected chi connectivity index (χ3v) is 5.85. The summed E-state index contributed by atoms with van der Waals surface area (Å²) in [4.78, 5) is 42.7. The number of ether oxygens (including phenoxy) is 2. The number of aromatic amines is 1. The number of morpholine rings is 1. The second-order valence-corrected chi connectivity index (χ2v) is 8.24. The average Bonchev–Trinajstić information content (AvgIpc) is 2.90. The second kappa shape index (κ2) is 9.93. The van der Waals surface area contributed by atoms with E-state index in [1.807, 2.05) is 30.3 Å². The summed E-state index contributed by atoms with van der Waals surface area (Å²) in [6.45, 7) is 1.86. The number of aromatic hydroxyl groups is 1. The number of hydrogen-bond acceptors (Lipinski definition) is 6. The van der Waals surface area contributed by atoms with Crippen molar-refractivity contribution < 1.29 is 24.2 Å². The molecular formula is C27H23N3O6. The zero-order chi connectivity index (χ0) is 25.1. The number of H-pyrrole nitrogens is 1. The average molecular weight is 485 g/mol. The number of hydrogen-bond donors (Lipinski definition) is 3. The van der Waals surface area contributed by atoms with Gasteiger partial charge in [0.05, 0.1) is 18.7 Å². The topological polar surface area (TPSA) is 121 Å². The van der Waals surface area contributed by atoms with Crippen LogP contribution in [0.5, 0.6) is 17.2 Å². The number of para-hydroxylation sites is 1. The van der Waals surface area contributed by atoms with Gasteiger partial charge < -0.3 is 29.8 Å². The van der Waals surface area contributed by atoms with Crippen molar-refractivity contribution in [2.75, 3.05) is 31.6 Å². The maximum absolute atomic E-state index is 12.9. The highest BCUT2D eigenvalue weighted by molar-refractivity contribution is 6.09. The predicted molar refractivity (Wildman–Crippen MR) is 134 cm³/mol. The van der Waals surface area contributed by atoms with Crippen LogP contribution >= 0.6 is 0 Å². The number of amides is 2. The molecular weight excluding hydrogens is 462 g/mol. The van der Waals surface area contributed by atoms with Gasteiger partial charge in [0.2, 0.25) is 0 Å². The van der Waals surface area contributed by atoms with Crippen LogP contribution in [0, 0.1) is 0 Å². The Kier molecular flexibility index (Phi) is 6.38. The number of carbonyl (C=O) groups is 2. The van der Waals surface area contributed by atoms with Gasteiger partial charge in [0.15, 0.2) is 0 Å². The summed E-state index contributed by atoms with van der Waals surface area (Å²) in [5.41, 5.74) is -0.116. The monoisotopic (exact) mass is 485 g/mol. The van der Waals surface area contributed by atoms with E-state index in [-0.39, 0.29) is 11.3 Å². The first-order valence-corrected chi connectivity index (χ1v) is 11.4. The Bertz CT molecular complexity index is 1480. The summed E-state index contributed by atoms with van der Waals surface area (Å²) in [6.07, 6.45) is 0. The molecule has 3 aromatic carbocycles. The number of benzene rings is 3. The number of fused-ring (bicyclic) bond motifs is 1. The minimum absolute atomic E-state index is 0.200. The Morgan fingerprint density at radius 3 is 2.36 bits per heavy atom. The van der Waals surface area contributed by atoms with E-state index in [0.29, 0.717) is 54.6 Å². The predicted octanol–water partition coefficient (Wildman–Crippen LogP) is 3.75. The van der Waals surface area contributed by atoms with Crippen LogP contribution in [0.25, 0.3) is 10.9 Å².